The van der Waals surface area contributed by atoms with Gasteiger partial charge in [0.25, 0.3) is 5.91 Å². The third-order valence-corrected chi connectivity index (χ3v) is 7.78. The molecular formula is C23H28ClFN2O4S. The largest absolute Gasteiger partial charge is 0.394 e. The average Bonchev–Trinajstić information content (AvgIpc) is 2.78. The number of carbonyl (C=O) groups excluding carboxylic acids is 1. The molecule has 0 heterocycles. The Labute approximate surface area is 193 Å². The zero-order valence-corrected chi connectivity index (χ0v) is 19.4. The smallest absolute Gasteiger partial charge is 0.251 e. The summed E-state index contributed by atoms with van der Waals surface area (Å²) in [6.07, 6.45) is 1.05. The van der Waals surface area contributed by atoms with E-state index in [1.54, 1.807) is 31.2 Å². The molecule has 2 unspecified atom stereocenters. The van der Waals surface area contributed by atoms with Crippen molar-refractivity contribution in [1.82, 2.24) is 9.62 Å². The lowest BCUT2D eigenvalue weighted by molar-refractivity contribution is 0.0922. The fourth-order valence-electron chi connectivity index (χ4n) is 3.81. The number of nitrogens with one attached hydrogen (secondary N) is 1. The predicted molar refractivity (Wildman–Crippen MR) is 122 cm³/mol. The summed E-state index contributed by atoms with van der Waals surface area (Å²) in [4.78, 5) is 12.3. The van der Waals surface area contributed by atoms with Crippen LogP contribution in [0.25, 0.3) is 0 Å². The van der Waals surface area contributed by atoms with E-state index in [1.807, 2.05) is 0 Å². The van der Waals surface area contributed by atoms with Crippen LogP contribution in [0.3, 0.4) is 0 Å². The molecule has 0 bridgehead atoms. The molecule has 174 valence electrons. The molecule has 2 aromatic rings. The van der Waals surface area contributed by atoms with E-state index in [9.17, 15) is 17.6 Å². The Morgan fingerprint density at radius 2 is 1.78 bits per heavy atom. The topological polar surface area (TPSA) is 86.7 Å². The molecule has 3 rings (SSSR count). The molecule has 9 heteroatoms. The third-order valence-electron chi connectivity index (χ3n) is 5.64. The van der Waals surface area contributed by atoms with Gasteiger partial charge in [0.2, 0.25) is 10.0 Å². The van der Waals surface area contributed by atoms with Crippen molar-refractivity contribution in [2.24, 2.45) is 0 Å². The van der Waals surface area contributed by atoms with Crippen LogP contribution in [0.2, 0.25) is 5.02 Å². The Bertz CT molecular complexity index is 1020. The van der Waals surface area contributed by atoms with Gasteiger partial charge in [-0.15, -0.1) is 0 Å². The van der Waals surface area contributed by atoms with Crippen LogP contribution in [0.5, 0.6) is 0 Å². The van der Waals surface area contributed by atoms with Gasteiger partial charge in [0.15, 0.2) is 0 Å². The number of aliphatic hydroxyl groups excluding tert-OH is 1. The summed E-state index contributed by atoms with van der Waals surface area (Å²) in [6, 6.07) is 11.2. The molecule has 0 aliphatic heterocycles. The van der Waals surface area contributed by atoms with Crippen molar-refractivity contribution in [3.05, 3.63) is 64.7 Å². The number of rotatable bonds is 8. The van der Waals surface area contributed by atoms with Crippen LogP contribution < -0.4 is 5.32 Å². The minimum Gasteiger partial charge on any atom is -0.394 e. The van der Waals surface area contributed by atoms with E-state index >= 15 is 0 Å². The number of carbonyl (C=O) groups is 1. The first-order valence-electron chi connectivity index (χ1n) is 10.6. The number of halogens is 2. The first-order valence-corrected chi connectivity index (χ1v) is 12.5. The summed E-state index contributed by atoms with van der Waals surface area (Å²) in [5, 5.41) is 12.2. The van der Waals surface area contributed by atoms with Crippen LogP contribution in [0.4, 0.5) is 4.39 Å². The van der Waals surface area contributed by atoms with Crippen LogP contribution >= 0.6 is 11.6 Å². The Kier molecular flexibility index (Phi) is 8.27. The summed E-state index contributed by atoms with van der Waals surface area (Å²) in [5.74, 6) is -0.333. The quantitative estimate of drug-likeness (QED) is 0.597. The van der Waals surface area contributed by atoms with Crippen LogP contribution in [-0.4, -0.2) is 48.6 Å². The standard InChI is InChI=1S/C23H28ClFN2O4S/c1-16(15-28)26-23(29)18-8-6-17(7-9-18)14-27(22-5-3-2-4-21(22)25)32(30,31)20-12-10-19(24)11-13-20/h6-13,16,21-22,28H,2-5,14-15H2,1H3,(H,26,29)/t16?,21-,22?/m1/s1. The maximum atomic E-state index is 14.8. The molecule has 0 radical (unpaired) electrons. The summed E-state index contributed by atoms with van der Waals surface area (Å²) >= 11 is 5.91. The van der Waals surface area contributed by atoms with Crippen LogP contribution in [0.15, 0.2) is 53.4 Å². The third kappa shape index (κ3) is 5.86. The fourth-order valence-corrected chi connectivity index (χ4v) is 5.60. The molecule has 0 saturated heterocycles. The van der Waals surface area contributed by atoms with E-state index in [4.69, 9.17) is 16.7 Å². The van der Waals surface area contributed by atoms with Crippen molar-refractivity contribution in [3.8, 4) is 0 Å². The van der Waals surface area contributed by atoms with Crippen molar-refractivity contribution in [3.63, 3.8) is 0 Å². The lowest BCUT2D eigenvalue weighted by Gasteiger charge is -2.35. The van der Waals surface area contributed by atoms with Gasteiger partial charge in [-0.25, -0.2) is 12.8 Å². The van der Waals surface area contributed by atoms with Crippen molar-refractivity contribution in [2.45, 2.75) is 62.3 Å². The van der Waals surface area contributed by atoms with Crippen molar-refractivity contribution >= 4 is 27.5 Å². The molecule has 1 amide bonds. The van der Waals surface area contributed by atoms with E-state index in [2.05, 4.69) is 5.32 Å². The highest BCUT2D eigenvalue weighted by Gasteiger charge is 2.38. The summed E-state index contributed by atoms with van der Waals surface area (Å²) < 4.78 is 43.0. The molecule has 1 aliphatic rings. The van der Waals surface area contributed by atoms with Gasteiger partial charge in [-0.05, 0) is 61.7 Å². The Morgan fingerprint density at radius 3 is 2.38 bits per heavy atom. The highest BCUT2D eigenvalue weighted by Crippen LogP contribution is 2.31. The molecule has 1 fully saturated rings. The summed E-state index contributed by atoms with van der Waals surface area (Å²) in [7, 11) is -3.97. The first-order chi connectivity index (χ1) is 15.2. The number of sulfonamides is 1. The zero-order valence-electron chi connectivity index (χ0n) is 17.9. The monoisotopic (exact) mass is 482 g/mol. The molecular weight excluding hydrogens is 455 g/mol. The van der Waals surface area contributed by atoms with Crippen LogP contribution in [0.1, 0.15) is 48.5 Å². The van der Waals surface area contributed by atoms with Crippen LogP contribution in [-0.2, 0) is 16.6 Å². The Balaban J connectivity index is 1.87. The molecule has 1 saturated carbocycles. The molecule has 6 nitrogen and oxygen atoms in total. The normalized spacial score (nSPS) is 20.2. The zero-order chi connectivity index (χ0) is 23.3. The lowest BCUT2D eigenvalue weighted by Crippen LogP contribution is -2.46. The summed E-state index contributed by atoms with van der Waals surface area (Å²) in [6.45, 7) is 1.50. The van der Waals surface area contributed by atoms with Gasteiger partial charge < -0.3 is 10.4 Å². The Morgan fingerprint density at radius 1 is 1.16 bits per heavy atom. The molecule has 2 aromatic carbocycles. The SMILES string of the molecule is CC(CO)NC(=O)c1ccc(CN(C2CCCC[C@H]2F)S(=O)(=O)c2ccc(Cl)cc2)cc1. The second-order valence-electron chi connectivity index (χ2n) is 8.13. The minimum atomic E-state index is -3.97. The fraction of sp³-hybridized carbons (Fsp3) is 0.435. The van der Waals surface area contributed by atoms with Gasteiger partial charge >= 0.3 is 0 Å². The van der Waals surface area contributed by atoms with E-state index < -0.39 is 22.2 Å². The average molecular weight is 483 g/mol. The van der Waals surface area contributed by atoms with E-state index in [0.29, 0.717) is 29.0 Å². The van der Waals surface area contributed by atoms with Gasteiger partial charge in [-0.2, -0.15) is 4.31 Å². The van der Waals surface area contributed by atoms with Gasteiger partial charge in [-0.3, -0.25) is 4.79 Å². The molecule has 0 spiro atoms. The number of alkyl halides is 1. The number of nitrogens with zero attached hydrogens (tertiary/aromatic N) is 1. The molecule has 0 aromatic heterocycles. The molecule has 2 N–H and O–H groups in total. The number of hydrogen-bond acceptors (Lipinski definition) is 4. The minimum absolute atomic E-state index is 0.00894. The molecule has 32 heavy (non-hydrogen) atoms. The molecule has 1 aliphatic carbocycles. The van der Waals surface area contributed by atoms with Crippen LogP contribution in [0, 0.1) is 0 Å². The maximum Gasteiger partial charge on any atom is 0.251 e. The summed E-state index contributed by atoms with van der Waals surface area (Å²) in [5.41, 5.74) is 1.04. The predicted octanol–water partition coefficient (Wildman–Crippen LogP) is 3.92. The van der Waals surface area contributed by atoms with Gasteiger partial charge in [0, 0.05) is 23.2 Å². The highest BCUT2D eigenvalue weighted by molar-refractivity contribution is 7.89. The van der Waals surface area contributed by atoms with Crippen molar-refractivity contribution < 1.29 is 22.7 Å². The number of amides is 1. The first kappa shape index (κ1) is 24.6. The lowest BCUT2D eigenvalue weighted by atomic mass is 9.93. The van der Waals surface area contributed by atoms with Crippen molar-refractivity contribution in [2.75, 3.05) is 6.61 Å². The second-order valence-corrected chi connectivity index (χ2v) is 10.5. The van der Waals surface area contributed by atoms with E-state index in [-0.39, 0.29) is 30.0 Å². The number of hydrogen-bond donors (Lipinski definition) is 2. The van der Waals surface area contributed by atoms with Crippen molar-refractivity contribution in [1.29, 1.82) is 0 Å². The second kappa shape index (κ2) is 10.7. The molecule has 3 atom stereocenters. The maximum absolute atomic E-state index is 14.8. The van der Waals surface area contributed by atoms with E-state index in [1.165, 1.54) is 28.6 Å². The number of aliphatic hydroxyl groups is 1. The van der Waals surface area contributed by atoms with E-state index in [0.717, 1.165) is 12.8 Å². The van der Waals surface area contributed by atoms with Gasteiger partial charge in [0.05, 0.1) is 17.5 Å². The number of benzene rings is 2. The highest BCUT2D eigenvalue weighted by atomic mass is 35.5. The van der Waals surface area contributed by atoms with Gasteiger partial charge in [0.1, 0.15) is 6.17 Å². The Hall–Kier alpha value is -2.00. The van der Waals surface area contributed by atoms with Gasteiger partial charge in [-0.1, -0.05) is 36.6 Å².